The molecule has 1 aromatic rings. The van der Waals surface area contributed by atoms with Crippen molar-refractivity contribution in [2.75, 3.05) is 50.0 Å². The third-order valence-corrected chi connectivity index (χ3v) is 4.83. The summed E-state index contributed by atoms with van der Waals surface area (Å²) in [5.74, 6) is -0.139. The summed E-state index contributed by atoms with van der Waals surface area (Å²) in [6.07, 6.45) is 3.57. The molecular weight excluding hydrogens is 332 g/mol. The number of benzene rings is 1. The minimum absolute atomic E-state index is 0.0131. The Bertz CT molecular complexity index is 638. The van der Waals surface area contributed by atoms with Gasteiger partial charge in [0.1, 0.15) is 6.04 Å². The second kappa shape index (κ2) is 9.12. The number of rotatable bonds is 5. The van der Waals surface area contributed by atoms with Crippen LogP contribution in [0.5, 0.6) is 0 Å². The van der Waals surface area contributed by atoms with Crippen LogP contribution in [0.15, 0.2) is 18.2 Å². The highest BCUT2D eigenvalue weighted by atomic mass is 16.5. The van der Waals surface area contributed by atoms with Crippen LogP contribution in [0.1, 0.15) is 24.8 Å². The number of morpholine rings is 1. The van der Waals surface area contributed by atoms with E-state index in [1.165, 1.54) is 6.42 Å². The Balaban J connectivity index is 1.57. The molecular formula is C19H28N4O3. The van der Waals surface area contributed by atoms with Gasteiger partial charge in [0, 0.05) is 17.9 Å². The molecule has 0 radical (unpaired) electrons. The lowest BCUT2D eigenvalue weighted by Gasteiger charge is -2.25. The zero-order valence-electron chi connectivity index (χ0n) is 15.3. The predicted molar refractivity (Wildman–Crippen MR) is 101 cm³/mol. The lowest BCUT2D eigenvalue weighted by Crippen LogP contribution is -2.48. The number of amides is 2. The number of hydrogen-bond acceptors (Lipinski definition) is 5. The summed E-state index contributed by atoms with van der Waals surface area (Å²) in [7, 11) is 0. The minimum atomic E-state index is -0.345. The van der Waals surface area contributed by atoms with E-state index >= 15 is 0 Å². The Kier molecular flexibility index (Phi) is 6.60. The van der Waals surface area contributed by atoms with Gasteiger partial charge in [-0.15, -0.1) is 0 Å². The van der Waals surface area contributed by atoms with E-state index in [-0.39, 0.29) is 17.9 Å². The van der Waals surface area contributed by atoms with Gasteiger partial charge in [0.2, 0.25) is 11.8 Å². The molecule has 2 saturated heterocycles. The number of carbonyl (C=O) groups excluding carboxylic acids is 2. The molecule has 0 spiro atoms. The molecule has 7 heteroatoms. The first-order chi connectivity index (χ1) is 12.6. The van der Waals surface area contributed by atoms with Gasteiger partial charge in [-0.1, -0.05) is 12.5 Å². The summed E-state index contributed by atoms with van der Waals surface area (Å²) in [4.78, 5) is 26.8. The maximum absolute atomic E-state index is 12.3. The van der Waals surface area contributed by atoms with Gasteiger partial charge in [0.15, 0.2) is 0 Å². The van der Waals surface area contributed by atoms with E-state index in [0.29, 0.717) is 32.0 Å². The molecule has 0 aromatic heterocycles. The van der Waals surface area contributed by atoms with E-state index in [2.05, 4.69) is 20.9 Å². The maximum atomic E-state index is 12.3. The third kappa shape index (κ3) is 5.27. The van der Waals surface area contributed by atoms with Crippen LogP contribution in [0.2, 0.25) is 0 Å². The molecule has 1 atom stereocenters. The van der Waals surface area contributed by atoms with Crippen LogP contribution < -0.4 is 16.0 Å². The van der Waals surface area contributed by atoms with Gasteiger partial charge >= 0.3 is 0 Å². The molecule has 7 nitrogen and oxygen atoms in total. The van der Waals surface area contributed by atoms with Crippen LogP contribution in [0.3, 0.4) is 0 Å². The van der Waals surface area contributed by atoms with Crippen LogP contribution in [0, 0.1) is 6.92 Å². The molecule has 142 valence electrons. The molecule has 0 aliphatic carbocycles. The van der Waals surface area contributed by atoms with Crippen molar-refractivity contribution in [3.63, 3.8) is 0 Å². The Morgan fingerprint density at radius 1 is 1.23 bits per heavy atom. The van der Waals surface area contributed by atoms with Gasteiger partial charge in [-0.25, -0.2) is 0 Å². The van der Waals surface area contributed by atoms with E-state index < -0.39 is 0 Å². The second-order valence-electron chi connectivity index (χ2n) is 6.99. The number of piperidine rings is 1. The largest absolute Gasteiger partial charge is 0.378 e. The van der Waals surface area contributed by atoms with E-state index in [4.69, 9.17) is 4.74 Å². The highest BCUT2D eigenvalue weighted by Crippen LogP contribution is 2.21. The average Bonchev–Trinajstić information content (AvgIpc) is 2.66. The van der Waals surface area contributed by atoms with Gasteiger partial charge in [0.05, 0.1) is 19.8 Å². The number of anilines is 2. The molecule has 3 rings (SSSR count). The smallest absolute Gasteiger partial charge is 0.243 e. The van der Waals surface area contributed by atoms with Crippen molar-refractivity contribution in [2.45, 2.75) is 32.2 Å². The van der Waals surface area contributed by atoms with Crippen LogP contribution in [-0.2, 0) is 14.3 Å². The Morgan fingerprint density at radius 2 is 2.04 bits per heavy atom. The molecule has 2 fully saturated rings. The monoisotopic (exact) mass is 360 g/mol. The van der Waals surface area contributed by atoms with Gasteiger partial charge in [0.25, 0.3) is 0 Å². The van der Waals surface area contributed by atoms with E-state index in [1.807, 2.05) is 25.1 Å². The first-order valence-electron chi connectivity index (χ1n) is 9.37. The summed E-state index contributed by atoms with van der Waals surface area (Å²) in [5, 5.41) is 9.00. The molecule has 2 aliphatic heterocycles. The number of hydrogen-bond donors (Lipinski definition) is 3. The fraction of sp³-hybridized carbons (Fsp3) is 0.579. The van der Waals surface area contributed by atoms with E-state index in [0.717, 1.165) is 37.2 Å². The van der Waals surface area contributed by atoms with E-state index in [9.17, 15) is 9.59 Å². The van der Waals surface area contributed by atoms with Crippen molar-refractivity contribution in [2.24, 2.45) is 0 Å². The number of likely N-dealkylation sites (tertiary alicyclic amines) is 1. The second-order valence-corrected chi connectivity index (χ2v) is 6.99. The fourth-order valence-corrected chi connectivity index (χ4v) is 3.31. The average molecular weight is 360 g/mol. The van der Waals surface area contributed by atoms with Gasteiger partial charge < -0.3 is 20.7 Å². The molecule has 0 saturated carbocycles. The SMILES string of the molecule is Cc1ccc(NC(=O)C2COCCN2)cc1NC(=O)CN1CCCCC1. The summed E-state index contributed by atoms with van der Waals surface area (Å²) in [6.45, 7) is 6.00. The first-order valence-corrected chi connectivity index (χ1v) is 9.37. The Labute approximate surface area is 154 Å². The molecule has 2 heterocycles. The van der Waals surface area contributed by atoms with Crippen molar-refractivity contribution >= 4 is 23.2 Å². The first kappa shape index (κ1) is 18.8. The Morgan fingerprint density at radius 3 is 2.77 bits per heavy atom. The van der Waals surface area contributed by atoms with Crippen molar-refractivity contribution < 1.29 is 14.3 Å². The number of aryl methyl sites for hydroxylation is 1. The van der Waals surface area contributed by atoms with Crippen LogP contribution in [-0.4, -0.2) is 62.1 Å². The van der Waals surface area contributed by atoms with Gasteiger partial charge in [-0.05, 0) is 50.6 Å². The lowest BCUT2D eigenvalue weighted by molar-refractivity contribution is -0.121. The highest BCUT2D eigenvalue weighted by Gasteiger charge is 2.21. The number of ether oxygens (including phenoxy) is 1. The van der Waals surface area contributed by atoms with Crippen LogP contribution >= 0.6 is 0 Å². The summed E-state index contributed by atoms with van der Waals surface area (Å²) in [5.41, 5.74) is 2.37. The van der Waals surface area contributed by atoms with Crippen molar-refractivity contribution in [3.05, 3.63) is 23.8 Å². The standard InChI is InChI=1S/C19H28N4O3/c1-14-5-6-15(21-19(25)17-13-26-10-7-20-17)11-16(14)22-18(24)12-23-8-3-2-4-9-23/h5-6,11,17,20H,2-4,7-10,12-13H2,1H3,(H,21,25)(H,22,24). The minimum Gasteiger partial charge on any atom is -0.378 e. The molecule has 2 aliphatic rings. The van der Waals surface area contributed by atoms with Crippen molar-refractivity contribution in [1.82, 2.24) is 10.2 Å². The van der Waals surface area contributed by atoms with Crippen molar-refractivity contribution in [3.8, 4) is 0 Å². The number of nitrogens with one attached hydrogen (secondary N) is 3. The topological polar surface area (TPSA) is 82.7 Å². The van der Waals surface area contributed by atoms with E-state index in [1.54, 1.807) is 0 Å². The zero-order valence-corrected chi connectivity index (χ0v) is 15.3. The van der Waals surface area contributed by atoms with Gasteiger partial charge in [-0.3, -0.25) is 14.5 Å². The zero-order chi connectivity index (χ0) is 18.4. The molecule has 0 bridgehead atoms. The lowest BCUT2D eigenvalue weighted by atomic mass is 10.1. The Hall–Kier alpha value is -1.96. The summed E-state index contributed by atoms with van der Waals surface area (Å²) < 4.78 is 5.32. The van der Waals surface area contributed by atoms with Crippen LogP contribution in [0.25, 0.3) is 0 Å². The summed E-state index contributed by atoms with van der Waals surface area (Å²) in [6, 6.07) is 5.21. The normalized spacial score (nSPS) is 21.2. The highest BCUT2D eigenvalue weighted by molar-refractivity contribution is 5.97. The van der Waals surface area contributed by atoms with Gasteiger partial charge in [-0.2, -0.15) is 0 Å². The summed E-state index contributed by atoms with van der Waals surface area (Å²) >= 11 is 0. The maximum Gasteiger partial charge on any atom is 0.243 e. The molecule has 1 aromatic carbocycles. The fourth-order valence-electron chi connectivity index (χ4n) is 3.31. The molecule has 26 heavy (non-hydrogen) atoms. The third-order valence-electron chi connectivity index (χ3n) is 4.83. The predicted octanol–water partition coefficient (Wildman–Crippen LogP) is 1.35. The molecule has 3 N–H and O–H groups in total. The van der Waals surface area contributed by atoms with Crippen LogP contribution in [0.4, 0.5) is 11.4 Å². The molecule has 2 amide bonds. The molecule has 1 unspecified atom stereocenters. The number of carbonyl (C=O) groups is 2. The number of nitrogens with zero attached hydrogens (tertiary/aromatic N) is 1. The van der Waals surface area contributed by atoms with Crippen molar-refractivity contribution in [1.29, 1.82) is 0 Å². The quantitative estimate of drug-likeness (QED) is 0.738.